The van der Waals surface area contributed by atoms with Crippen LogP contribution in [0, 0.1) is 5.92 Å². The first-order chi connectivity index (χ1) is 8.41. The predicted octanol–water partition coefficient (Wildman–Crippen LogP) is 1.43. The van der Waals surface area contributed by atoms with E-state index in [-0.39, 0.29) is 11.9 Å². The van der Waals surface area contributed by atoms with Crippen molar-refractivity contribution < 1.29 is 9.90 Å². The molecule has 1 aliphatic rings. The second-order valence-electron chi connectivity index (χ2n) is 6.06. The molecule has 0 atom stereocenters. The zero-order chi connectivity index (χ0) is 13.6. The van der Waals surface area contributed by atoms with Crippen molar-refractivity contribution in [1.29, 1.82) is 0 Å². The lowest BCUT2D eigenvalue weighted by atomic mass is 9.79. The van der Waals surface area contributed by atoms with Crippen LogP contribution in [0.25, 0.3) is 0 Å². The minimum atomic E-state index is -0.555. The lowest BCUT2D eigenvalue weighted by molar-refractivity contribution is -0.121. The fourth-order valence-electron chi connectivity index (χ4n) is 2.39. The van der Waals surface area contributed by atoms with E-state index in [1.165, 1.54) is 0 Å². The monoisotopic (exact) mass is 256 g/mol. The molecule has 0 aliphatic heterocycles. The molecule has 0 spiro atoms. The summed E-state index contributed by atoms with van der Waals surface area (Å²) in [5.41, 5.74) is -0.555. The van der Waals surface area contributed by atoms with E-state index in [0.29, 0.717) is 19.5 Å². The van der Waals surface area contributed by atoms with Crippen molar-refractivity contribution in [2.75, 3.05) is 13.1 Å². The van der Waals surface area contributed by atoms with E-state index in [9.17, 15) is 9.90 Å². The fraction of sp³-hybridized carbons (Fsp3) is 0.929. The number of amides is 1. The maximum absolute atomic E-state index is 11.4. The van der Waals surface area contributed by atoms with E-state index in [1.807, 2.05) is 13.8 Å². The Balaban J connectivity index is 2.12. The van der Waals surface area contributed by atoms with Crippen LogP contribution in [0.3, 0.4) is 0 Å². The molecule has 1 rings (SSSR count). The Labute approximate surface area is 111 Å². The van der Waals surface area contributed by atoms with Crippen LogP contribution in [0.5, 0.6) is 0 Å². The first-order valence-corrected chi connectivity index (χ1v) is 7.14. The van der Waals surface area contributed by atoms with Crippen LogP contribution in [0.1, 0.15) is 52.9 Å². The zero-order valence-electron chi connectivity index (χ0n) is 12.0. The van der Waals surface area contributed by atoms with Crippen LogP contribution in [-0.4, -0.2) is 35.7 Å². The third-order valence-corrected chi connectivity index (χ3v) is 3.64. The van der Waals surface area contributed by atoms with Gasteiger partial charge >= 0.3 is 0 Å². The van der Waals surface area contributed by atoms with Crippen molar-refractivity contribution in [3.05, 3.63) is 0 Å². The molecule has 0 radical (unpaired) electrons. The van der Waals surface area contributed by atoms with Gasteiger partial charge in [0.2, 0.25) is 5.91 Å². The first-order valence-electron chi connectivity index (χ1n) is 7.14. The summed E-state index contributed by atoms with van der Waals surface area (Å²) in [6.45, 7) is 7.39. The Morgan fingerprint density at radius 1 is 1.39 bits per heavy atom. The van der Waals surface area contributed by atoms with Crippen LogP contribution in [-0.2, 0) is 4.79 Å². The fourth-order valence-corrected chi connectivity index (χ4v) is 2.39. The largest absolute Gasteiger partial charge is 0.389 e. The van der Waals surface area contributed by atoms with Crippen LogP contribution in [0.2, 0.25) is 0 Å². The van der Waals surface area contributed by atoms with Crippen LogP contribution >= 0.6 is 0 Å². The van der Waals surface area contributed by atoms with Gasteiger partial charge in [-0.1, -0.05) is 6.92 Å². The summed E-state index contributed by atoms with van der Waals surface area (Å²) >= 11 is 0. The Bertz CT molecular complexity index is 259. The number of carbonyl (C=O) groups is 1. The van der Waals surface area contributed by atoms with E-state index in [2.05, 4.69) is 17.6 Å². The summed E-state index contributed by atoms with van der Waals surface area (Å²) in [5, 5.41) is 16.4. The Hall–Kier alpha value is -0.610. The normalized spacial score (nSPS) is 28.4. The summed E-state index contributed by atoms with van der Waals surface area (Å²) in [5.74, 6) is 0.809. The minimum absolute atomic E-state index is 0.0711. The maximum Gasteiger partial charge on any atom is 0.221 e. The van der Waals surface area contributed by atoms with E-state index in [0.717, 1.165) is 31.6 Å². The Kier molecular flexibility index (Phi) is 6.09. The molecule has 18 heavy (non-hydrogen) atoms. The SMILES string of the molecule is CC1CCC(O)(CNCCC(=O)NC(C)C)CC1. The van der Waals surface area contributed by atoms with Crippen LogP contribution in [0.15, 0.2) is 0 Å². The molecule has 1 aliphatic carbocycles. The highest BCUT2D eigenvalue weighted by Crippen LogP contribution is 2.31. The summed E-state index contributed by atoms with van der Waals surface area (Å²) in [6, 6.07) is 0.196. The molecule has 4 nitrogen and oxygen atoms in total. The summed E-state index contributed by atoms with van der Waals surface area (Å²) in [7, 11) is 0. The molecule has 4 heteroatoms. The van der Waals surface area contributed by atoms with Gasteiger partial charge in [-0.2, -0.15) is 0 Å². The van der Waals surface area contributed by atoms with Crippen molar-refractivity contribution in [3.8, 4) is 0 Å². The second kappa shape index (κ2) is 7.10. The van der Waals surface area contributed by atoms with Crippen molar-refractivity contribution in [1.82, 2.24) is 10.6 Å². The summed E-state index contributed by atoms with van der Waals surface area (Å²) < 4.78 is 0. The van der Waals surface area contributed by atoms with Gasteiger partial charge in [0.15, 0.2) is 0 Å². The minimum Gasteiger partial charge on any atom is -0.389 e. The zero-order valence-corrected chi connectivity index (χ0v) is 12.0. The van der Waals surface area contributed by atoms with Crippen LogP contribution in [0.4, 0.5) is 0 Å². The van der Waals surface area contributed by atoms with E-state index in [4.69, 9.17) is 0 Å². The van der Waals surface area contributed by atoms with Gasteiger partial charge in [-0.05, 0) is 45.4 Å². The topological polar surface area (TPSA) is 61.4 Å². The predicted molar refractivity (Wildman–Crippen MR) is 73.3 cm³/mol. The van der Waals surface area contributed by atoms with Gasteiger partial charge in [0.25, 0.3) is 0 Å². The van der Waals surface area contributed by atoms with Gasteiger partial charge in [0.05, 0.1) is 5.60 Å². The number of aliphatic hydroxyl groups is 1. The van der Waals surface area contributed by atoms with Crippen molar-refractivity contribution in [3.63, 3.8) is 0 Å². The highest BCUT2D eigenvalue weighted by atomic mass is 16.3. The van der Waals surface area contributed by atoms with Gasteiger partial charge in [-0.25, -0.2) is 0 Å². The first kappa shape index (κ1) is 15.4. The number of hydrogen-bond donors (Lipinski definition) is 3. The third-order valence-electron chi connectivity index (χ3n) is 3.64. The second-order valence-corrected chi connectivity index (χ2v) is 6.06. The molecule has 0 aromatic heterocycles. The highest BCUT2D eigenvalue weighted by Gasteiger charge is 2.31. The van der Waals surface area contributed by atoms with Gasteiger partial charge < -0.3 is 15.7 Å². The highest BCUT2D eigenvalue weighted by molar-refractivity contribution is 5.76. The number of nitrogens with one attached hydrogen (secondary N) is 2. The average Bonchev–Trinajstić information content (AvgIpc) is 2.28. The molecule has 3 N–H and O–H groups in total. The number of carbonyl (C=O) groups excluding carboxylic acids is 1. The van der Waals surface area contributed by atoms with Crippen molar-refractivity contribution in [2.45, 2.75) is 64.5 Å². The molecule has 0 heterocycles. The van der Waals surface area contributed by atoms with E-state index >= 15 is 0 Å². The molecule has 0 bridgehead atoms. The molecule has 1 saturated carbocycles. The molecule has 0 unspecified atom stereocenters. The lowest BCUT2D eigenvalue weighted by Crippen LogP contribution is -2.44. The van der Waals surface area contributed by atoms with E-state index < -0.39 is 5.60 Å². The van der Waals surface area contributed by atoms with Gasteiger partial charge in [0, 0.05) is 25.6 Å². The molecule has 106 valence electrons. The van der Waals surface area contributed by atoms with Gasteiger partial charge in [0.1, 0.15) is 0 Å². The molecule has 0 saturated heterocycles. The number of hydrogen-bond acceptors (Lipinski definition) is 3. The van der Waals surface area contributed by atoms with Crippen molar-refractivity contribution in [2.24, 2.45) is 5.92 Å². The Morgan fingerprint density at radius 3 is 2.56 bits per heavy atom. The van der Waals surface area contributed by atoms with Gasteiger partial charge in [-0.15, -0.1) is 0 Å². The van der Waals surface area contributed by atoms with Gasteiger partial charge in [-0.3, -0.25) is 4.79 Å². The average molecular weight is 256 g/mol. The lowest BCUT2D eigenvalue weighted by Gasteiger charge is -2.35. The molecular formula is C14H28N2O2. The summed E-state index contributed by atoms with van der Waals surface area (Å²) in [4.78, 5) is 11.4. The van der Waals surface area contributed by atoms with Crippen LogP contribution < -0.4 is 10.6 Å². The third kappa shape index (κ3) is 5.83. The van der Waals surface area contributed by atoms with E-state index in [1.54, 1.807) is 0 Å². The Morgan fingerprint density at radius 2 is 2.00 bits per heavy atom. The quantitative estimate of drug-likeness (QED) is 0.630. The maximum atomic E-state index is 11.4. The summed E-state index contributed by atoms with van der Waals surface area (Å²) in [6.07, 6.45) is 4.43. The smallest absolute Gasteiger partial charge is 0.221 e. The standard InChI is InChI=1S/C14H28N2O2/c1-11(2)16-13(17)6-9-15-10-14(18)7-4-12(3)5-8-14/h11-12,15,18H,4-10H2,1-3H3,(H,16,17). The molecule has 1 amide bonds. The number of rotatable bonds is 6. The molecule has 1 fully saturated rings. The molecule has 0 aromatic rings. The molecular weight excluding hydrogens is 228 g/mol. The molecule has 0 aromatic carbocycles. The van der Waals surface area contributed by atoms with Crippen molar-refractivity contribution >= 4 is 5.91 Å².